The number of hydrogen-bond donors (Lipinski definition) is 2. The van der Waals surface area contributed by atoms with Crippen LogP contribution in [0.2, 0.25) is 0 Å². The lowest BCUT2D eigenvalue weighted by Gasteiger charge is -2.15. The Balaban J connectivity index is 1.69. The molecular weight excluding hydrogens is 200 g/mol. The normalized spacial score (nSPS) is 22.2. The van der Waals surface area contributed by atoms with E-state index in [1.807, 2.05) is 18.2 Å². The molecule has 2 unspecified atom stereocenters. The van der Waals surface area contributed by atoms with Gasteiger partial charge in [0.2, 0.25) is 0 Å². The third-order valence-electron chi connectivity index (χ3n) is 2.99. The summed E-state index contributed by atoms with van der Waals surface area (Å²) < 4.78 is 5.54. The molecule has 0 bridgehead atoms. The van der Waals surface area contributed by atoms with Crippen LogP contribution in [0.3, 0.4) is 0 Å². The van der Waals surface area contributed by atoms with Gasteiger partial charge in [0.1, 0.15) is 0 Å². The fourth-order valence-corrected chi connectivity index (χ4v) is 2.02. The highest BCUT2D eigenvalue weighted by atomic mass is 16.5. The Morgan fingerprint density at radius 1 is 1.38 bits per heavy atom. The third kappa shape index (κ3) is 3.30. The van der Waals surface area contributed by atoms with Crippen LogP contribution in [0.15, 0.2) is 30.3 Å². The highest BCUT2D eigenvalue weighted by Gasteiger charge is 2.15. The van der Waals surface area contributed by atoms with Gasteiger partial charge in [-0.1, -0.05) is 30.3 Å². The monoisotopic (exact) mass is 220 g/mol. The zero-order valence-corrected chi connectivity index (χ0v) is 9.56. The van der Waals surface area contributed by atoms with Crippen LogP contribution in [0.1, 0.15) is 24.4 Å². The van der Waals surface area contributed by atoms with E-state index in [0.29, 0.717) is 6.10 Å². The predicted molar refractivity (Wildman–Crippen MR) is 65.2 cm³/mol. The maximum Gasteiger partial charge on any atom is 0.0700 e. The minimum atomic E-state index is 0.0719. The Bertz CT molecular complexity index is 296. The summed E-state index contributed by atoms with van der Waals surface area (Å²) in [5.41, 5.74) is 7.26. The van der Waals surface area contributed by atoms with E-state index in [2.05, 4.69) is 17.4 Å². The molecule has 1 heterocycles. The largest absolute Gasteiger partial charge is 0.377 e. The number of hydrogen-bond acceptors (Lipinski definition) is 3. The van der Waals surface area contributed by atoms with E-state index in [0.717, 1.165) is 19.7 Å². The molecule has 1 saturated heterocycles. The van der Waals surface area contributed by atoms with Crippen molar-refractivity contribution >= 4 is 0 Å². The maximum atomic E-state index is 6.08. The highest BCUT2D eigenvalue weighted by molar-refractivity contribution is 5.18. The van der Waals surface area contributed by atoms with Crippen molar-refractivity contribution in [3.63, 3.8) is 0 Å². The van der Waals surface area contributed by atoms with Crippen LogP contribution >= 0.6 is 0 Å². The molecule has 1 aliphatic rings. The van der Waals surface area contributed by atoms with E-state index in [1.165, 1.54) is 18.4 Å². The summed E-state index contributed by atoms with van der Waals surface area (Å²) in [6, 6.07) is 10.3. The molecule has 0 aliphatic carbocycles. The first-order valence-corrected chi connectivity index (χ1v) is 5.99. The average Bonchev–Trinajstić information content (AvgIpc) is 2.83. The van der Waals surface area contributed by atoms with E-state index in [-0.39, 0.29) is 6.04 Å². The molecule has 0 spiro atoms. The van der Waals surface area contributed by atoms with Gasteiger partial charge in [0, 0.05) is 25.7 Å². The van der Waals surface area contributed by atoms with Gasteiger partial charge in [-0.25, -0.2) is 0 Å². The standard InChI is InChI=1S/C13H20N2O/c14-13(11-5-2-1-3-6-11)10-15-9-12-7-4-8-16-12/h1-3,5-6,12-13,15H,4,7-10,14H2. The summed E-state index contributed by atoms with van der Waals surface area (Å²) in [5.74, 6) is 0. The molecule has 0 aromatic heterocycles. The first kappa shape index (κ1) is 11.6. The summed E-state index contributed by atoms with van der Waals surface area (Å²) in [6.07, 6.45) is 2.76. The van der Waals surface area contributed by atoms with Crippen molar-refractivity contribution in [3.05, 3.63) is 35.9 Å². The SMILES string of the molecule is NC(CNCC1CCCO1)c1ccccc1. The lowest BCUT2D eigenvalue weighted by atomic mass is 10.1. The van der Waals surface area contributed by atoms with Crippen LogP contribution in [0.25, 0.3) is 0 Å². The Morgan fingerprint density at radius 2 is 2.19 bits per heavy atom. The summed E-state index contributed by atoms with van der Waals surface area (Å²) in [5, 5.41) is 3.38. The molecule has 1 aromatic carbocycles. The quantitative estimate of drug-likeness (QED) is 0.789. The second-order valence-corrected chi connectivity index (χ2v) is 4.31. The molecule has 1 fully saturated rings. The van der Waals surface area contributed by atoms with Crippen LogP contribution in [0.4, 0.5) is 0 Å². The van der Waals surface area contributed by atoms with Crippen molar-refractivity contribution < 1.29 is 4.74 Å². The molecule has 88 valence electrons. The van der Waals surface area contributed by atoms with Crippen LogP contribution in [0, 0.1) is 0 Å². The van der Waals surface area contributed by atoms with Crippen LogP contribution in [-0.4, -0.2) is 25.8 Å². The van der Waals surface area contributed by atoms with Crippen molar-refractivity contribution in [2.24, 2.45) is 5.73 Å². The van der Waals surface area contributed by atoms with Crippen molar-refractivity contribution in [1.82, 2.24) is 5.32 Å². The Morgan fingerprint density at radius 3 is 2.88 bits per heavy atom. The van der Waals surface area contributed by atoms with Crippen LogP contribution < -0.4 is 11.1 Å². The molecule has 0 radical (unpaired) electrons. The lowest BCUT2D eigenvalue weighted by molar-refractivity contribution is 0.110. The van der Waals surface area contributed by atoms with Crippen molar-refractivity contribution in [2.45, 2.75) is 25.0 Å². The van der Waals surface area contributed by atoms with Gasteiger partial charge >= 0.3 is 0 Å². The zero-order valence-electron chi connectivity index (χ0n) is 9.56. The number of benzene rings is 1. The van der Waals surface area contributed by atoms with Crippen molar-refractivity contribution in [1.29, 1.82) is 0 Å². The smallest absolute Gasteiger partial charge is 0.0700 e. The van der Waals surface area contributed by atoms with Gasteiger partial charge in [-0.15, -0.1) is 0 Å². The predicted octanol–water partition coefficient (Wildman–Crippen LogP) is 1.45. The molecule has 16 heavy (non-hydrogen) atoms. The van der Waals surface area contributed by atoms with E-state index < -0.39 is 0 Å². The molecule has 0 amide bonds. The van der Waals surface area contributed by atoms with Gasteiger partial charge in [-0.05, 0) is 18.4 Å². The Hall–Kier alpha value is -0.900. The van der Waals surface area contributed by atoms with Crippen LogP contribution in [-0.2, 0) is 4.74 Å². The molecule has 1 aromatic rings. The molecule has 2 atom stereocenters. The number of rotatable bonds is 5. The Kier molecular flexibility index (Phi) is 4.34. The van der Waals surface area contributed by atoms with Gasteiger partial charge in [0.15, 0.2) is 0 Å². The van der Waals surface area contributed by atoms with Crippen molar-refractivity contribution in [2.75, 3.05) is 19.7 Å². The molecule has 2 rings (SSSR count). The summed E-state index contributed by atoms with van der Waals surface area (Å²) in [7, 11) is 0. The summed E-state index contributed by atoms with van der Waals surface area (Å²) in [6.45, 7) is 2.64. The van der Waals surface area contributed by atoms with Gasteiger partial charge in [-0.3, -0.25) is 0 Å². The first-order valence-electron chi connectivity index (χ1n) is 5.99. The number of nitrogens with one attached hydrogen (secondary N) is 1. The van der Waals surface area contributed by atoms with E-state index in [9.17, 15) is 0 Å². The fourth-order valence-electron chi connectivity index (χ4n) is 2.02. The van der Waals surface area contributed by atoms with Gasteiger partial charge in [0.05, 0.1) is 6.10 Å². The lowest BCUT2D eigenvalue weighted by Crippen LogP contribution is -2.32. The average molecular weight is 220 g/mol. The van der Waals surface area contributed by atoms with E-state index in [4.69, 9.17) is 10.5 Å². The molecule has 0 saturated carbocycles. The topological polar surface area (TPSA) is 47.3 Å². The van der Waals surface area contributed by atoms with Gasteiger partial charge < -0.3 is 15.8 Å². The molecule has 3 N–H and O–H groups in total. The van der Waals surface area contributed by atoms with E-state index >= 15 is 0 Å². The third-order valence-corrected chi connectivity index (χ3v) is 2.99. The first-order chi connectivity index (χ1) is 7.86. The molecular formula is C13H20N2O. The highest BCUT2D eigenvalue weighted by Crippen LogP contribution is 2.11. The maximum absolute atomic E-state index is 6.08. The number of nitrogens with two attached hydrogens (primary N) is 1. The van der Waals surface area contributed by atoms with Gasteiger partial charge in [0.25, 0.3) is 0 Å². The van der Waals surface area contributed by atoms with Crippen molar-refractivity contribution in [3.8, 4) is 0 Å². The minimum absolute atomic E-state index is 0.0719. The second kappa shape index (κ2) is 5.99. The summed E-state index contributed by atoms with van der Waals surface area (Å²) >= 11 is 0. The molecule has 3 nitrogen and oxygen atoms in total. The number of ether oxygens (including phenoxy) is 1. The molecule has 1 aliphatic heterocycles. The minimum Gasteiger partial charge on any atom is -0.377 e. The fraction of sp³-hybridized carbons (Fsp3) is 0.538. The second-order valence-electron chi connectivity index (χ2n) is 4.31. The van der Waals surface area contributed by atoms with E-state index in [1.54, 1.807) is 0 Å². The van der Waals surface area contributed by atoms with Crippen LogP contribution in [0.5, 0.6) is 0 Å². The molecule has 3 heteroatoms. The summed E-state index contributed by atoms with van der Waals surface area (Å²) in [4.78, 5) is 0. The zero-order chi connectivity index (χ0) is 11.2. The Labute approximate surface area is 97.0 Å². The van der Waals surface area contributed by atoms with Gasteiger partial charge in [-0.2, -0.15) is 0 Å².